The average Bonchev–Trinajstić information content (AvgIpc) is 2.53. The Balaban J connectivity index is 1.83. The molecule has 128 valence electrons. The van der Waals surface area contributed by atoms with Gasteiger partial charge in [0.1, 0.15) is 16.5 Å². The Morgan fingerprint density at radius 3 is 2.42 bits per heavy atom. The zero-order chi connectivity index (χ0) is 17.6. The van der Waals surface area contributed by atoms with Crippen LogP contribution in [0.2, 0.25) is 0 Å². The van der Waals surface area contributed by atoms with Crippen molar-refractivity contribution in [1.29, 1.82) is 0 Å². The van der Waals surface area contributed by atoms with Gasteiger partial charge in [0.2, 0.25) is 15.9 Å². The lowest BCUT2D eigenvalue weighted by molar-refractivity contribution is -0.121. The van der Waals surface area contributed by atoms with Crippen LogP contribution in [0.25, 0.3) is 0 Å². The van der Waals surface area contributed by atoms with Gasteiger partial charge in [-0.05, 0) is 17.7 Å². The van der Waals surface area contributed by atoms with Gasteiger partial charge in [-0.25, -0.2) is 21.9 Å². The molecule has 0 atom stereocenters. The number of halogens is 2. The monoisotopic (exact) mass is 354 g/mol. The maximum absolute atomic E-state index is 13.5. The fraction of sp³-hybridized carbons (Fsp3) is 0.188. The SMILES string of the molecule is O=C(CCNS(=O)(=O)c1ccc(F)cc1F)NCc1ccccc1. The average molecular weight is 354 g/mol. The summed E-state index contributed by atoms with van der Waals surface area (Å²) in [5.41, 5.74) is 0.916. The number of rotatable bonds is 7. The van der Waals surface area contributed by atoms with E-state index in [1.807, 2.05) is 30.3 Å². The maximum atomic E-state index is 13.5. The molecule has 0 spiro atoms. The minimum atomic E-state index is -4.14. The molecular weight excluding hydrogens is 338 g/mol. The molecule has 0 fully saturated rings. The lowest BCUT2D eigenvalue weighted by Gasteiger charge is -2.08. The molecule has 8 heteroatoms. The smallest absolute Gasteiger partial charge is 0.243 e. The molecule has 0 heterocycles. The highest BCUT2D eigenvalue weighted by atomic mass is 32.2. The second-order valence-electron chi connectivity index (χ2n) is 4.98. The zero-order valence-corrected chi connectivity index (χ0v) is 13.4. The largest absolute Gasteiger partial charge is 0.352 e. The van der Waals surface area contributed by atoms with Gasteiger partial charge in [0.15, 0.2) is 0 Å². The number of hydrogen-bond acceptors (Lipinski definition) is 3. The van der Waals surface area contributed by atoms with Crippen LogP contribution < -0.4 is 10.0 Å². The van der Waals surface area contributed by atoms with E-state index in [9.17, 15) is 22.0 Å². The minimum absolute atomic E-state index is 0.102. The van der Waals surface area contributed by atoms with Crippen molar-refractivity contribution < 1.29 is 22.0 Å². The Morgan fingerprint density at radius 1 is 1.04 bits per heavy atom. The molecule has 24 heavy (non-hydrogen) atoms. The number of benzene rings is 2. The summed E-state index contributed by atoms with van der Waals surface area (Å²) in [6.07, 6.45) is -0.102. The predicted molar refractivity (Wildman–Crippen MR) is 84.5 cm³/mol. The molecule has 0 aliphatic heterocycles. The molecule has 0 aliphatic rings. The third-order valence-electron chi connectivity index (χ3n) is 3.16. The van der Waals surface area contributed by atoms with Crippen LogP contribution >= 0.6 is 0 Å². The fourth-order valence-electron chi connectivity index (χ4n) is 1.95. The fourth-order valence-corrected chi connectivity index (χ4v) is 3.04. The van der Waals surface area contributed by atoms with Gasteiger partial charge >= 0.3 is 0 Å². The van der Waals surface area contributed by atoms with Crippen LogP contribution in [0.4, 0.5) is 8.78 Å². The number of nitrogens with one attached hydrogen (secondary N) is 2. The van der Waals surface area contributed by atoms with Crippen molar-refractivity contribution in [1.82, 2.24) is 10.0 Å². The summed E-state index contributed by atoms with van der Waals surface area (Å²) in [5.74, 6) is -2.40. The van der Waals surface area contributed by atoms with Gasteiger partial charge in [-0.3, -0.25) is 4.79 Å². The Bertz CT molecular complexity index is 811. The zero-order valence-electron chi connectivity index (χ0n) is 12.6. The van der Waals surface area contributed by atoms with Crippen molar-refractivity contribution in [3.8, 4) is 0 Å². The van der Waals surface area contributed by atoms with Crippen molar-refractivity contribution in [3.63, 3.8) is 0 Å². The second-order valence-corrected chi connectivity index (χ2v) is 6.72. The van der Waals surface area contributed by atoms with Crippen molar-refractivity contribution in [2.24, 2.45) is 0 Å². The van der Waals surface area contributed by atoms with Crippen molar-refractivity contribution in [2.45, 2.75) is 17.9 Å². The lowest BCUT2D eigenvalue weighted by Crippen LogP contribution is -2.31. The minimum Gasteiger partial charge on any atom is -0.352 e. The summed E-state index contributed by atoms with van der Waals surface area (Å²) in [6.45, 7) is 0.138. The maximum Gasteiger partial charge on any atom is 0.243 e. The predicted octanol–water partition coefficient (Wildman–Crippen LogP) is 1.95. The van der Waals surface area contributed by atoms with Crippen LogP contribution in [-0.2, 0) is 21.4 Å². The summed E-state index contributed by atoms with van der Waals surface area (Å²) in [4.78, 5) is 11.0. The van der Waals surface area contributed by atoms with E-state index in [4.69, 9.17) is 0 Å². The highest BCUT2D eigenvalue weighted by Gasteiger charge is 2.19. The first-order chi connectivity index (χ1) is 11.4. The third-order valence-corrected chi connectivity index (χ3v) is 4.65. The highest BCUT2D eigenvalue weighted by molar-refractivity contribution is 7.89. The first-order valence-electron chi connectivity index (χ1n) is 7.14. The molecule has 1 amide bonds. The summed E-state index contributed by atoms with van der Waals surface area (Å²) in [6, 6.07) is 11.4. The molecule has 2 aromatic carbocycles. The molecule has 0 saturated heterocycles. The van der Waals surface area contributed by atoms with Crippen LogP contribution in [0.1, 0.15) is 12.0 Å². The Labute approximate surface area is 138 Å². The Hall–Kier alpha value is -2.32. The third kappa shape index (κ3) is 5.10. The van der Waals surface area contributed by atoms with E-state index >= 15 is 0 Å². The molecule has 0 aliphatic carbocycles. The van der Waals surface area contributed by atoms with Gasteiger partial charge in [-0.2, -0.15) is 0 Å². The van der Waals surface area contributed by atoms with Crippen molar-refractivity contribution in [3.05, 3.63) is 65.7 Å². The number of carbonyl (C=O) groups excluding carboxylic acids is 1. The van der Waals surface area contributed by atoms with E-state index in [1.165, 1.54) is 0 Å². The van der Waals surface area contributed by atoms with Crippen molar-refractivity contribution in [2.75, 3.05) is 6.54 Å². The quantitative estimate of drug-likeness (QED) is 0.798. The molecule has 0 radical (unpaired) electrons. The van der Waals surface area contributed by atoms with E-state index < -0.39 is 26.6 Å². The molecule has 0 saturated carbocycles. The van der Waals surface area contributed by atoms with Gasteiger partial charge < -0.3 is 5.32 Å². The first-order valence-corrected chi connectivity index (χ1v) is 8.62. The summed E-state index contributed by atoms with van der Waals surface area (Å²) >= 11 is 0. The second kappa shape index (κ2) is 7.98. The van der Waals surface area contributed by atoms with Crippen LogP contribution in [0.15, 0.2) is 53.4 Å². The molecule has 2 aromatic rings. The van der Waals surface area contributed by atoms with Crippen LogP contribution in [0.3, 0.4) is 0 Å². The van der Waals surface area contributed by atoms with E-state index in [2.05, 4.69) is 10.0 Å². The number of carbonyl (C=O) groups is 1. The Kier molecular flexibility index (Phi) is 5.99. The van der Waals surface area contributed by atoms with Gasteiger partial charge in [-0.15, -0.1) is 0 Å². The van der Waals surface area contributed by atoms with Gasteiger partial charge in [0.05, 0.1) is 0 Å². The number of hydrogen-bond donors (Lipinski definition) is 2. The van der Waals surface area contributed by atoms with Gasteiger partial charge in [0.25, 0.3) is 0 Å². The number of sulfonamides is 1. The van der Waals surface area contributed by atoms with E-state index in [0.29, 0.717) is 12.6 Å². The summed E-state index contributed by atoms with van der Waals surface area (Å²) < 4.78 is 52.3. The topological polar surface area (TPSA) is 75.3 Å². The molecular formula is C16H16F2N2O3S. The first kappa shape index (κ1) is 18.0. The normalized spacial score (nSPS) is 11.2. The molecule has 0 bridgehead atoms. The van der Waals surface area contributed by atoms with Crippen molar-refractivity contribution >= 4 is 15.9 Å². The summed E-state index contributed by atoms with van der Waals surface area (Å²) in [5, 5.41) is 2.65. The molecule has 2 N–H and O–H groups in total. The molecule has 0 unspecified atom stereocenters. The molecule has 0 aromatic heterocycles. The van der Waals surface area contributed by atoms with Gasteiger partial charge in [0, 0.05) is 25.6 Å². The highest BCUT2D eigenvalue weighted by Crippen LogP contribution is 2.15. The van der Waals surface area contributed by atoms with E-state index in [0.717, 1.165) is 17.7 Å². The number of amides is 1. The lowest BCUT2D eigenvalue weighted by atomic mass is 10.2. The van der Waals surface area contributed by atoms with Crippen LogP contribution in [0.5, 0.6) is 0 Å². The molecule has 5 nitrogen and oxygen atoms in total. The van der Waals surface area contributed by atoms with Gasteiger partial charge in [-0.1, -0.05) is 30.3 Å². The standard InChI is InChI=1S/C16H16F2N2O3S/c17-13-6-7-15(14(18)10-13)24(22,23)20-9-8-16(21)19-11-12-4-2-1-3-5-12/h1-7,10,20H,8-9,11H2,(H,19,21). The van der Waals surface area contributed by atoms with E-state index in [-0.39, 0.29) is 18.9 Å². The Morgan fingerprint density at radius 2 is 1.75 bits per heavy atom. The summed E-state index contributed by atoms with van der Waals surface area (Å²) in [7, 11) is -4.14. The van der Waals surface area contributed by atoms with E-state index in [1.54, 1.807) is 0 Å². The van der Waals surface area contributed by atoms with Crippen LogP contribution in [-0.4, -0.2) is 20.9 Å². The molecule has 2 rings (SSSR count). The van der Waals surface area contributed by atoms with Crippen LogP contribution in [0, 0.1) is 11.6 Å².